The van der Waals surface area contributed by atoms with Crippen LogP contribution in [0.2, 0.25) is 0 Å². The highest BCUT2D eigenvalue weighted by atomic mass is 16.4. The third-order valence-corrected chi connectivity index (χ3v) is 3.68. The highest BCUT2D eigenvalue weighted by Crippen LogP contribution is 2.20. The molecule has 5 nitrogen and oxygen atoms in total. The van der Waals surface area contributed by atoms with Gasteiger partial charge in [-0.05, 0) is 49.9 Å². The number of carbonyl (C=O) groups excluding carboxylic acids is 1. The standard InChI is InChI=1S/C15H20N2O3/c16-9-8-11-4-6-12(7-5-11)14(18)17-10-2-1-3-13(17)15(19)20/h4-7,13H,1-3,8-10,16H2,(H,19,20). The Morgan fingerprint density at radius 1 is 1.25 bits per heavy atom. The minimum absolute atomic E-state index is 0.198. The van der Waals surface area contributed by atoms with Gasteiger partial charge in [0.1, 0.15) is 6.04 Å². The van der Waals surface area contributed by atoms with E-state index in [-0.39, 0.29) is 5.91 Å². The molecule has 1 aromatic rings. The first-order valence-corrected chi connectivity index (χ1v) is 6.96. The maximum Gasteiger partial charge on any atom is 0.326 e. The number of aliphatic carboxylic acids is 1. The molecule has 1 fully saturated rings. The average molecular weight is 276 g/mol. The molecule has 1 unspecified atom stereocenters. The Balaban J connectivity index is 2.14. The Morgan fingerprint density at radius 2 is 1.95 bits per heavy atom. The molecule has 1 saturated heterocycles. The van der Waals surface area contributed by atoms with Gasteiger partial charge in [-0.25, -0.2) is 4.79 Å². The number of nitrogens with zero attached hydrogens (tertiary/aromatic N) is 1. The minimum Gasteiger partial charge on any atom is -0.480 e. The maximum atomic E-state index is 12.4. The van der Waals surface area contributed by atoms with Gasteiger partial charge < -0.3 is 15.7 Å². The molecular formula is C15H20N2O3. The highest BCUT2D eigenvalue weighted by Gasteiger charge is 2.32. The van der Waals surface area contributed by atoms with Crippen LogP contribution in [0.1, 0.15) is 35.2 Å². The summed E-state index contributed by atoms with van der Waals surface area (Å²) >= 11 is 0. The molecule has 3 N–H and O–H groups in total. The van der Waals surface area contributed by atoms with Crippen LogP contribution in [0.3, 0.4) is 0 Å². The van der Waals surface area contributed by atoms with Crippen LogP contribution in [0.15, 0.2) is 24.3 Å². The SMILES string of the molecule is NCCc1ccc(C(=O)N2CCCCC2C(=O)O)cc1. The fourth-order valence-corrected chi connectivity index (χ4v) is 2.58. The van der Waals surface area contributed by atoms with Crippen LogP contribution >= 0.6 is 0 Å². The second-order valence-corrected chi connectivity index (χ2v) is 5.08. The van der Waals surface area contributed by atoms with Crippen molar-refractivity contribution >= 4 is 11.9 Å². The van der Waals surface area contributed by atoms with Crippen LogP contribution in [0.5, 0.6) is 0 Å². The van der Waals surface area contributed by atoms with Gasteiger partial charge in [0.15, 0.2) is 0 Å². The summed E-state index contributed by atoms with van der Waals surface area (Å²) in [6, 6.07) is 6.56. The van der Waals surface area contributed by atoms with Crippen molar-refractivity contribution in [2.24, 2.45) is 5.73 Å². The lowest BCUT2D eigenvalue weighted by Gasteiger charge is -2.33. The van der Waals surface area contributed by atoms with Crippen LogP contribution in [-0.2, 0) is 11.2 Å². The van der Waals surface area contributed by atoms with Crippen LogP contribution < -0.4 is 5.73 Å². The normalized spacial score (nSPS) is 18.9. The molecule has 0 aromatic heterocycles. The summed E-state index contributed by atoms with van der Waals surface area (Å²) in [6.07, 6.45) is 3.03. The zero-order valence-electron chi connectivity index (χ0n) is 11.4. The van der Waals surface area contributed by atoms with Crippen molar-refractivity contribution < 1.29 is 14.7 Å². The van der Waals surface area contributed by atoms with E-state index in [0.29, 0.717) is 25.1 Å². The van der Waals surface area contributed by atoms with Gasteiger partial charge in [-0.2, -0.15) is 0 Å². The number of carbonyl (C=O) groups is 2. The molecule has 108 valence electrons. The first-order chi connectivity index (χ1) is 9.63. The van der Waals surface area contributed by atoms with Gasteiger partial charge >= 0.3 is 5.97 Å². The molecule has 1 aromatic carbocycles. The molecule has 1 amide bonds. The van der Waals surface area contributed by atoms with Crippen LogP contribution in [-0.4, -0.2) is 41.0 Å². The second kappa shape index (κ2) is 6.52. The van der Waals surface area contributed by atoms with Gasteiger partial charge in [-0.15, -0.1) is 0 Å². The summed E-state index contributed by atoms with van der Waals surface area (Å²) in [5, 5.41) is 9.21. The number of benzene rings is 1. The van der Waals surface area contributed by atoms with Gasteiger partial charge in [0.05, 0.1) is 0 Å². The zero-order valence-corrected chi connectivity index (χ0v) is 11.4. The van der Waals surface area contributed by atoms with E-state index in [1.54, 1.807) is 12.1 Å². The topological polar surface area (TPSA) is 83.6 Å². The molecule has 1 heterocycles. The Morgan fingerprint density at radius 3 is 2.55 bits per heavy atom. The predicted molar refractivity (Wildman–Crippen MR) is 75.5 cm³/mol. The van der Waals surface area contributed by atoms with Crippen molar-refractivity contribution in [2.45, 2.75) is 31.7 Å². The van der Waals surface area contributed by atoms with Crippen molar-refractivity contribution in [2.75, 3.05) is 13.1 Å². The number of likely N-dealkylation sites (tertiary alicyclic amines) is 1. The number of carboxylic acids is 1. The largest absolute Gasteiger partial charge is 0.480 e. The van der Waals surface area contributed by atoms with Crippen LogP contribution in [0.25, 0.3) is 0 Å². The van der Waals surface area contributed by atoms with Crippen molar-refractivity contribution in [3.05, 3.63) is 35.4 Å². The van der Waals surface area contributed by atoms with E-state index >= 15 is 0 Å². The monoisotopic (exact) mass is 276 g/mol. The maximum absolute atomic E-state index is 12.4. The summed E-state index contributed by atoms with van der Waals surface area (Å²) in [6.45, 7) is 1.08. The number of hydrogen-bond donors (Lipinski definition) is 2. The molecule has 0 radical (unpaired) electrons. The van der Waals surface area contributed by atoms with Crippen molar-refractivity contribution in [3.63, 3.8) is 0 Å². The number of rotatable bonds is 4. The summed E-state index contributed by atoms with van der Waals surface area (Å²) in [4.78, 5) is 25.1. The fraction of sp³-hybridized carbons (Fsp3) is 0.467. The molecule has 0 bridgehead atoms. The third kappa shape index (κ3) is 3.17. The lowest BCUT2D eigenvalue weighted by Crippen LogP contribution is -2.47. The van der Waals surface area contributed by atoms with E-state index in [1.807, 2.05) is 12.1 Å². The Hall–Kier alpha value is -1.88. The van der Waals surface area contributed by atoms with Crippen molar-refractivity contribution in [3.8, 4) is 0 Å². The molecule has 0 spiro atoms. The van der Waals surface area contributed by atoms with Gasteiger partial charge in [-0.1, -0.05) is 12.1 Å². The Labute approximate surface area is 118 Å². The molecule has 1 aliphatic heterocycles. The highest BCUT2D eigenvalue weighted by molar-refractivity contribution is 5.96. The third-order valence-electron chi connectivity index (χ3n) is 3.68. The van der Waals surface area contributed by atoms with E-state index in [0.717, 1.165) is 24.8 Å². The summed E-state index contributed by atoms with van der Waals surface area (Å²) in [5.41, 5.74) is 7.11. The van der Waals surface area contributed by atoms with Crippen LogP contribution in [0, 0.1) is 0 Å². The fourth-order valence-electron chi connectivity index (χ4n) is 2.58. The number of nitrogens with two attached hydrogens (primary N) is 1. The zero-order chi connectivity index (χ0) is 14.5. The van der Waals surface area contributed by atoms with Gasteiger partial charge in [-0.3, -0.25) is 4.79 Å². The van der Waals surface area contributed by atoms with Gasteiger partial charge in [0, 0.05) is 12.1 Å². The van der Waals surface area contributed by atoms with E-state index in [4.69, 9.17) is 5.73 Å². The molecule has 1 atom stereocenters. The number of hydrogen-bond acceptors (Lipinski definition) is 3. The van der Waals surface area contributed by atoms with Crippen molar-refractivity contribution in [1.82, 2.24) is 4.90 Å². The first-order valence-electron chi connectivity index (χ1n) is 6.96. The number of amides is 1. The van der Waals surface area contributed by atoms with E-state index in [9.17, 15) is 14.7 Å². The number of carboxylic acid groups (broad SMARTS) is 1. The lowest BCUT2D eigenvalue weighted by molar-refractivity contribution is -0.143. The second-order valence-electron chi connectivity index (χ2n) is 5.08. The lowest BCUT2D eigenvalue weighted by atomic mass is 10.0. The molecule has 5 heteroatoms. The van der Waals surface area contributed by atoms with Gasteiger partial charge in [0.25, 0.3) is 5.91 Å². The molecule has 0 saturated carbocycles. The van der Waals surface area contributed by atoms with Gasteiger partial charge in [0.2, 0.25) is 0 Å². The molecular weight excluding hydrogens is 256 g/mol. The quantitative estimate of drug-likeness (QED) is 0.867. The van der Waals surface area contributed by atoms with Crippen LogP contribution in [0.4, 0.5) is 0 Å². The van der Waals surface area contributed by atoms with E-state index < -0.39 is 12.0 Å². The smallest absolute Gasteiger partial charge is 0.326 e. The Bertz CT molecular complexity index is 484. The molecule has 20 heavy (non-hydrogen) atoms. The number of piperidine rings is 1. The minimum atomic E-state index is -0.919. The van der Waals surface area contributed by atoms with Crippen molar-refractivity contribution in [1.29, 1.82) is 0 Å². The average Bonchev–Trinajstić information content (AvgIpc) is 2.47. The van der Waals surface area contributed by atoms with E-state index in [1.165, 1.54) is 4.90 Å². The summed E-state index contributed by atoms with van der Waals surface area (Å²) < 4.78 is 0. The molecule has 1 aliphatic rings. The molecule has 0 aliphatic carbocycles. The summed E-state index contributed by atoms with van der Waals surface area (Å²) in [5.74, 6) is -1.12. The van der Waals surface area contributed by atoms with E-state index in [2.05, 4.69) is 0 Å². The molecule has 2 rings (SSSR count). The predicted octanol–water partition coefficient (Wildman–Crippen LogP) is 1.27. The summed E-state index contributed by atoms with van der Waals surface area (Å²) in [7, 11) is 0. The Kier molecular flexibility index (Phi) is 4.74. The first kappa shape index (κ1) is 14.5.